The van der Waals surface area contributed by atoms with Crippen LogP contribution in [0.3, 0.4) is 0 Å². The summed E-state index contributed by atoms with van der Waals surface area (Å²) in [4.78, 5) is 19.0. The molecular formula is C18H14Cl2N2O2. The van der Waals surface area contributed by atoms with E-state index in [2.05, 4.69) is 4.98 Å². The first-order chi connectivity index (χ1) is 11.6. The molecule has 0 aliphatic heterocycles. The van der Waals surface area contributed by atoms with Gasteiger partial charge in [-0.2, -0.15) is 0 Å². The lowest BCUT2D eigenvalue weighted by Crippen LogP contribution is -2.34. The fourth-order valence-electron chi connectivity index (χ4n) is 2.45. The molecule has 0 aliphatic carbocycles. The molecule has 0 fully saturated rings. The van der Waals surface area contributed by atoms with E-state index in [-0.39, 0.29) is 11.9 Å². The van der Waals surface area contributed by atoms with Crippen LogP contribution in [-0.2, 0) is 0 Å². The highest BCUT2D eigenvalue weighted by molar-refractivity contribution is 6.35. The predicted octanol–water partition coefficient (Wildman–Crippen LogP) is 5.39. The molecule has 1 amide bonds. The zero-order valence-electron chi connectivity index (χ0n) is 12.8. The molecule has 4 nitrogen and oxygen atoms in total. The van der Waals surface area contributed by atoms with Crippen LogP contribution in [0.5, 0.6) is 0 Å². The molecule has 0 saturated heterocycles. The molecule has 0 unspecified atom stereocenters. The second kappa shape index (κ2) is 7.07. The summed E-state index contributed by atoms with van der Waals surface area (Å²) in [6, 6.07) is 13.4. The van der Waals surface area contributed by atoms with Crippen LogP contribution in [-0.4, -0.2) is 10.9 Å². The Morgan fingerprint density at radius 2 is 1.88 bits per heavy atom. The van der Waals surface area contributed by atoms with E-state index < -0.39 is 0 Å². The van der Waals surface area contributed by atoms with Crippen molar-refractivity contribution in [2.24, 2.45) is 0 Å². The van der Waals surface area contributed by atoms with E-state index in [0.717, 1.165) is 0 Å². The van der Waals surface area contributed by atoms with Gasteiger partial charge in [-0.05, 0) is 49.4 Å². The van der Waals surface area contributed by atoms with Crippen molar-refractivity contribution in [1.29, 1.82) is 0 Å². The SMILES string of the molecule is C[C@H](c1ccco1)N(C(=O)c1cc(Cl)cc(Cl)c1)c1ccccn1. The first-order valence-corrected chi connectivity index (χ1v) is 8.06. The molecule has 122 valence electrons. The van der Waals surface area contributed by atoms with Crippen LogP contribution in [0, 0.1) is 0 Å². The highest BCUT2D eigenvalue weighted by Gasteiger charge is 2.27. The molecule has 24 heavy (non-hydrogen) atoms. The van der Waals surface area contributed by atoms with Crippen LogP contribution < -0.4 is 4.90 Å². The number of carbonyl (C=O) groups is 1. The van der Waals surface area contributed by atoms with Crippen molar-refractivity contribution in [1.82, 2.24) is 4.98 Å². The minimum Gasteiger partial charge on any atom is -0.467 e. The third-order valence-electron chi connectivity index (χ3n) is 3.57. The fraction of sp³-hybridized carbons (Fsp3) is 0.111. The number of anilines is 1. The summed E-state index contributed by atoms with van der Waals surface area (Å²) in [6.45, 7) is 1.87. The van der Waals surface area contributed by atoms with Crippen molar-refractivity contribution in [2.75, 3.05) is 4.90 Å². The van der Waals surface area contributed by atoms with Gasteiger partial charge in [0, 0.05) is 21.8 Å². The molecule has 1 aromatic carbocycles. The van der Waals surface area contributed by atoms with Gasteiger partial charge in [0.2, 0.25) is 0 Å². The molecule has 0 saturated carbocycles. The molecule has 3 aromatic rings. The van der Waals surface area contributed by atoms with Crippen molar-refractivity contribution < 1.29 is 9.21 Å². The number of hydrogen-bond donors (Lipinski definition) is 0. The van der Waals surface area contributed by atoms with Gasteiger partial charge in [0.05, 0.1) is 12.3 Å². The lowest BCUT2D eigenvalue weighted by atomic mass is 10.1. The minimum atomic E-state index is -0.347. The Labute approximate surface area is 149 Å². The number of rotatable bonds is 4. The molecule has 0 N–H and O–H groups in total. The molecule has 6 heteroatoms. The number of nitrogens with zero attached hydrogens (tertiary/aromatic N) is 2. The molecule has 1 atom stereocenters. The lowest BCUT2D eigenvalue weighted by molar-refractivity contribution is 0.0974. The van der Waals surface area contributed by atoms with Gasteiger partial charge in [0.15, 0.2) is 0 Å². The van der Waals surface area contributed by atoms with Gasteiger partial charge < -0.3 is 4.42 Å². The third-order valence-corrected chi connectivity index (χ3v) is 4.00. The molecule has 2 heterocycles. The Bertz CT molecular complexity index is 815. The van der Waals surface area contributed by atoms with E-state index >= 15 is 0 Å². The van der Waals surface area contributed by atoms with Crippen LogP contribution in [0.2, 0.25) is 10.0 Å². The molecule has 0 spiro atoms. The van der Waals surface area contributed by atoms with Crippen molar-refractivity contribution >= 4 is 34.9 Å². The molecule has 2 aromatic heterocycles. The second-order valence-electron chi connectivity index (χ2n) is 5.21. The van der Waals surface area contributed by atoms with Gasteiger partial charge in [-0.15, -0.1) is 0 Å². The van der Waals surface area contributed by atoms with Crippen LogP contribution in [0.25, 0.3) is 0 Å². The maximum atomic E-state index is 13.1. The van der Waals surface area contributed by atoms with Crippen molar-refractivity contribution in [2.45, 2.75) is 13.0 Å². The van der Waals surface area contributed by atoms with Crippen LogP contribution in [0.15, 0.2) is 65.4 Å². The smallest absolute Gasteiger partial charge is 0.260 e. The average Bonchev–Trinajstić information content (AvgIpc) is 3.09. The second-order valence-corrected chi connectivity index (χ2v) is 6.09. The first-order valence-electron chi connectivity index (χ1n) is 7.30. The minimum absolute atomic E-state index is 0.262. The number of halogens is 2. The first kappa shape index (κ1) is 16.6. The molecule has 0 bridgehead atoms. The van der Waals surface area contributed by atoms with Crippen LogP contribution in [0.1, 0.15) is 29.1 Å². The molecule has 0 radical (unpaired) electrons. The topological polar surface area (TPSA) is 46.3 Å². The number of amides is 1. The van der Waals surface area contributed by atoms with Crippen molar-refractivity contribution in [3.63, 3.8) is 0 Å². The standard InChI is InChI=1S/C18H14Cl2N2O2/c1-12(16-5-4-8-24-16)22(17-6-2-3-7-21-17)18(23)13-9-14(19)11-15(20)10-13/h2-12H,1H3/t12-/m1/s1. The summed E-state index contributed by atoms with van der Waals surface area (Å²) in [5.41, 5.74) is 0.386. The van der Waals surface area contributed by atoms with E-state index in [4.69, 9.17) is 27.6 Å². The predicted molar refractivity (Wildman–Crippen MR) is 94.6 cm³/mol. The van der Waals surface area contributed by atoms with Crippen molar-refractivity contribution in [3.8, 4) is 0 Å². The van der Waals surface area contributed by atoms with Crippen LogP contribution in [0.4, 0.5) is 5.82 Å². The van der Waals surface area contributed by atoms with E-state index in [1.807, 2.05) is 19.1 Å². The number of aromatic nitrogens is 1. The van der Waals surface area contributed by atoms with E-state index in [9.17, 15) is 4.79 Å². The summed E-state index contributed by atoms with van der Waals surface area (Å²) in [7, 11) is 0. The zero-order valence-corrected chi connectivity index (χ0v) is 14.3. The molecule has 0 aliphatic rings. The Morgan fingerprint density at radius 3 is 2.46 bits per heavy atom. The average molecular weight is 361 g/mol. The van der Waals surface area contributed by atoms with Gasteiger partial charge in [-0.1, -0.05) is 29.3 Å². The summed E-state index contributed by atoms with van der Waals surface area (Å²) in [6.07, 6.45) is 3.21. The number of furan rings is 1. The van der Waals surface area contributed by atoms with Gasteiger partial charge >= 0.3 is 0 Å². The largest absolute Gasteiger partial charge is 0.467 e. The zero-order chi connectivity index (χ0) is 17.1. The maximum Gasteiger partial charge on any atom is 0.260 e. The Balaban J connectivity index is 2.05. The summed E-state index contributed by atoms with van der Waals surface area (Å²) in [5.74, 6) is 0.909. The monoisotopic (exact) mass is 360 g/mol. The Hall–Kier alpha value is -2.30. The summed E-state index contributed by atoms with van der Waals surface area (Å²) < 4.78 is 5.46. The van der Waals surface area contributed by atoms with Gasteiger partial charge in [0.1, 0.15) is 11.6 Å². The number of pyridine rings is 1. The highest BCUT2D eigenvalue weighted by atomic mass is 35.5. The van der Waals surface area contributed by atoms with Gasteiger partial charge in [-0.3, -0.25) is 9.69 Å². The van der Waals surface area contributed by atoms with E-state index in [1.165, 1.54) is 0 Å². The van der Waals surface area contributed by atoms with Gasteiger partial charge in [0.25, 0.3) is 5.91 Å². The summed E-state index contributed by atoms with van der Waals surface area (Å²) in [5, 5.41) is 0.801. The van der Waals surface area contributed by atoms with Gasteiger partial charge in [-0.25, -0.2) is 4.98 Å². The van der Waals surface area contributed by atoms with Crippen LogP contribution >= 0.6 is 23.2 Å². The summed E-state index contributed by atoms with van der Waals surface area (Å²) >= 11 is 12.1. The highest BCUT2D eigenvalue weighted by Crippen LogP contribution is 2.29. The number of hydrogen-bond acceptors (Lipinski definition) is 3. The Morgan fingerprint density at radius 1 is 1.12 bits per heavy atom. The third kappa shape index (κ3) is 3.45. The Kier molecular flexibility index (Phi) is 4.88. The normalized spacial score (nSPS) is 12.0. The fourth-order valence-corrected chi connectivity index (χ4v) is 2.97. The van der Waals surface area contributed by atoms with E-state index in [1.54, 1.807) is 53.8 Å². The quantitative estimate of drug-likeness (QED) is 0.626. The van der Waals surface area contributed by atoms with Crippen molar-refractivity contribution in [3.05, 3.63) is 82.4 Å². The lowest BCUT2D eigenvalue weighted by Gasteiger charge is -2.27. The van der Waals surface area contributed by atoms with E-state index in [0.29, 0.717) is 27.2 Å². The molecular weight excluding hydrogens is 347 g/mol. The number of carbonyl (C=O) groups excluding carboxylic acids is 1. The number of benzene rings is 1. The molecule has 3 rings (SSSR count). The maximum absolute atomic E-state index is 13.1.